The summed E-state index contributed by atoms with van der Waals surface area (Å²) in [5, 5.41) is 6.60. The molecule has 0 radical (unpaired) electrons. The summed E-state index contributed by atoms with van der Waals surface area (Å²) in [5.74, 6) is 0.411. The predicted molar refractivity (Wildman–Crippen MR) is 277 cm³/mol. The fraction of sp³-hybridized carbons (Fsp3) is 0.129. The topological polar surface area (TPSA) is 51.4 Å². The number of aryl methyl sites for hydroxylation is 4. The molecule has 5 nitrogen and oxygen atoms in total. The van der Waals surface area contributed by atoms with Gasteiger partial charge in [0.05, 0.1) is 40.3 Å². The van der Waals surface area contributed by atoms with E-state index in [0.29, 0.717) is 5.92 Å². The Hall–Kier alpha value is -8.02. The van der Waals surface area contributed by atoms with Gasteiger partial charge in [-0.1, -0.05) is 78.9 Å². The van der Waals surface area contributed by atoms with E-state index in [0.717, 1.165) is 56.3 Å². The Labute approximate surface area is 388 Å². The molecule has 1 atom stereocenters. The minimum absolute atomic E-state index is 0.411. The van der Waals surface area contributed by atoms with E-state index in [1.165, 1.54) is 127 Å². The molecular formula is C62H45N5. The number of fused-ring (bicyclic) bond motifs is 11. The molecule has 318 valence electrons. The van der Waals surface area contributed by atoms with E-state index in [1.807, 2.05) is 18.6 Å². The number of nitrogens with zero attached hydrogens (tertiary/aromatic N) is 4. The maximum absolute atomic E-state index is 4.69. The molecule has 5 heteroatoms. The molecule has 0 spiro atoms. The van der Waals surface area contributed by atoms with Crippen LogP contribution >= 0.6 is 0 Å². The summed E-state index contributed by atoms with van der Waals surface area (Å²) in [6.07, 6.45) is 26.3. The highest BCUT2D eigenvalue weighted by atomic mass is 15.0. The molecule has 5 aromatic heterocycles. The Bertz CT molecular complexity index is 4000. The van der Waals surface area contributed by atoms with Gasteiger partial charge in [0.15, 0.2) is 0 Å². The second-order valence-electron chi connectivity index (χ2n) is 19.1. The van der Waals surface area contributed by atoms with E-state index in [4.69, 9.17) is 4.98 Å². The van der Waals surface area contributed by atoms with Gasteiger partial charge in [0, 0.05) is 67.5 Å². The van der Waals surface area contributed by atoms with Crippen molar-refractivity contribution in [3.05, 3.63) is 215 Å². The largest absolute Gasteiger partial charge is 0.355 e. The highest BCUT2D eigenvalue weighted by Crippen LogP contribution is 2.52. The van der Waals surface area contributed by atoms with Gasteiger partial charge in [0.1, 0.15) is 0 Å². The number of para-hydroxylation sites is 1. The monoisotopic (exact) mass is 859 g/mol. The van der Waals surface area contributed by atoms with Gasteiger partial charge in [-0.3, -0.25) is 9.97 Å². The number of allylic oxidation sites excluding steroid dienone is 5. The van der Waals surface area contributed by atoms with E-state index >= 15 is 0 Å². The maximum Gasteiger partial charge on any atom is 0.0645 e. The second kappa shape index (κ2) is 14.2. The number of pyridine rings is 2. The third-order valence-corrected chi connectivity index (χ3v) is 15.6. The summed E-state index contributed by atoms with van der Waals surface area (Å²) in [7, 11) is 0. The summed E-state index contributed by atoms with van der Waals surface area (Å²) >= 11 is 0. The van der Waals surface area contributed by atoms with Crippen LogP contribution in [-0.2, 0) is 32.1 Å². The molecule has 4 aliphatic carbocycles. The Morgan fingerprint density at radius 1 is 0.522 bits per heavy atom. The molecule has 0 fully saturated rings. The highest BCUT2D eigenvalue weighted by molar-refractivity contribution is 6.15. The average molecular weight is 860 g/mol. The van der Waals surface area contributed by atoms with Crippen molar-refractivity contribution in [2.24, 2.45) is 0 Å². The zero-order valence-electron chi connectivity index (χ0n) is 37.1. The average Bonchev–Trinajstić information content (AvgIpc) is 4.05. The number of H-pyrrole nitrogens is 1. The van der Waals surface area contributed by atoms with E-state index < -0.39 is 0 Å². The van der Waals surface area contributed by atoms with Crippen LogP contribution < -0.4 is 0 Å². The van der Waals surface area contributed by atoms with Crippen molar-refractivity contribution < 1.29 is 0 Å². The van der Waals surface area contributed by atoms with Crippen LogP contribution in [0.2, 0.25) is 0 Å². The van der Waals surface area contributed by atoms with E-state index in [2.05, 4.69) is 177 Å². The Balaban J connectivity index is 0.943. The molecule has 0 saturated carbocycles. The molecule has 0 aliphatic heterocycles. The maximum atomic E-state index is 4.69. The zero-order chi connectivity index (χ0) is 43.7. The SMILES string of the molecule is C1=CCC(c2cccc(-c3ccc4c(c3)c3cc5c6c(c3n4-c3cccnc3)CCc3c-6c(cc4c6c(n(-c7cccnc7)c34)CCC(c3ccc4[nH]c7ccccc7c4c3)=C6)CC5)c2)C=C1. The fourth-order valence-electron chi connectivity index (χ4n) is 12.7. The Morgan fingerprint density at radius 2 is 1.25 bits per heavy atom. The molecular weight excluding hydrogens is 815 g/mol. The van der Waals surface area contributed by atoms with Crippen molar-refractivity contribution in [2.45, 2.75) is 50.9 Å². The van der Waals surface area contributed by atoms with Crippen molar-refractivity contribution in [1.29, 1.82) is 0 Å². The summed E-state index contributed by atoms with van der Waals surface area (Å²) in [4.78, 5) is 13.0. The van der Waals surface area contributed by atoms with Crippen molar-refractivity contribution >= 4 is 66.2 Å². The first kappa shape index (κ1) is 37.2. The molecule has 0 bridgehead atoms. The lowest BCUT2D eigenvalue weighted by Crippen LogP contribution is -2.16. The van der Waals surface area contributed by atoms with Gasteiger partial charge in [0.2, 0.25) is 0 Å². The molecule has 0 saturated heterocycles. The van der Waals surface area contributed by atoms with E-state index in [1.54, 1.807) is 0 Å². The third kappa shape index (κ3) is 5.49. The van der Waals surface area contributed by atoms with Gasteiger partial charge >= 0.3 is 0 Å². The van der Waals surface area contributed by atoms with Gasteiger partial charge < -0.3 is 14.1 Å². The summed E-state index contributed by atoms with van der Waals surface area (Å²) in [5.41, 5.74) is 26.8. The lowest BCUT2D eigenvalue weighted by atomic mass is 9.73. The van der Waals surface area contributed by atoms with E-state index in [9.17, 15) is 0 Å². The van der Waals surface area contributed by atoms with Crippen LogP contribution in [0, 0.1) is 0 Å². The van der Waals surface area contributed by atoms with Crippen LogP contribution in [0.25, 0.3) is 99.8 Å². The highest BCUT2D eigenvalue weighted by Gasteiger charge is 2.34. The molecule has 6 aromatic carbocycles. The predicted octanol–water partition coefficient (Wildman–Crippen LogP) is 14.8. The first-order valence-corrected chi connectivity index (χ1v) is 24.0. The van der Waals surface area contributed by atoms with Crippen LogP contribution in [-0.4, -0.2) is 24.1 Å². The molecule has 67 heavy (non-hydrogen) atoms. The van der Waals surface area contributed by atoms with Crippen LogP contribution in [0.15, 0.2) is 170 Å². The standard InChI is InChI=1S/C62H45N5/c1-2-9-37(10-3-1)38-11-6-12-39(29-38)41-20-25-57-51(31-41)53-33-43-17-18-44-34-54-52-32-42(40-19-24-56-50(30-40)47-15-4-5-16-55(47)65-56)21-26-58(52)67(46-14-8-28-64-36-46)62(54)49-23-22-48(59(43)60(44)49)61(53)66(57)45-13-7-27-63-35-45/h1-9,11-16,19-20,24-25,27-37,65H,10,17-18,21-23,26H2. The van der Waals surface area contributed by atoms with Gasteiger partial charge in [-0.15, -0.1) is 0 Å². The minimum atomic E-state index is 0.411. The smallest absolute Gasteiger partial charge is 0.0645 e. The molecule has 1 N–H and O–H groups in total. The quantitative estimate of drug-likeness (QED) is 0.187. The molecule has 15 rings (SSSR count). The first-order chi connectivity index (χ1) is 33.2. The summed E-state index contributed by atoms with van der Waals surface area (Å²) in [6, 6.07) is 45.8. The molecule has 11 aromatic rings. The third-order valence-electron chi connectivity index (χ3n) is 15.6. The van der Waals surface area contributed by atoms with Crippen LogP contribution in [0.4, 0.5) is 0 Å². The summed E-state index contributed by atoms with van der Waals surface area (Å²) < 4.78 is 5.10. The van der Waals surface area contributed by atoms with Gasteiger partial charge in [-0.05, 0) is 179 Å². The van der Waals surface area contributed by atoms with Crippen LogP contribution in [0.5, 0.6) is 0 Å². The van der Waals surface area contributed by atoms with Crippen LogP contribution in [0.1, 0.15) is 63.4 Å². The molecule has 5 heterocycles. The van der Waals surface area contributed by atoms with Gasteiger partial charge in [-0.2, -0.15) is 0 Å². The Morgan fingerprint density at radius 3 is 2.04 bits per heavy atom. The number of rotatable bonds is 5. The normalized spacial score (nSPS) is 16.1. The second-order valence-corrected chi connectivity index (χ2v) is 19.1. The van der Waals surface area contributed by atoms with Crippen molar-refractivity contribution in [3.8, 4) is 33.6 Å². The van der Waals surface area contributed by atoms with E-state index in [-0.39, 0.29) is 0 Å². The van der Waals surface area contributed by atoms with Crippen molar-refractivity contribution in [2.75, 3.05) is 0 Å². The van der Waals surface area contributed by atoms with Crippen LogP contribution in [0.3, 0.4) is 0 Å². The molecule has 0 amide bonds. The number of aromatic amines is 1. The minimum Gasteiger partial charge on any atom is -0.355 e. The zero-order valence-corrected chi connectivity index (χ0v) is 37.1. The Kier molecular flexibility index (Phi) is 7.91. The fourth-order valence-corrected chi connectivity index (χ4v) is 12.7. The molecule has 1 unspecified atom stereocenters. The lowest BCUT2D eigenvalue weighted by Gasteiger charge is -2.31. The number of hydrogen-bond donors (Lipinski definition) is 1. The lowest BCUT2D eigenvalue weighted by molar-refractivity contribution is 0.854. The number of benzene rings is 6. The first-order valence-electron chi connectivity index (χ1n) is 24.0. The van der Waals surface area contributed by atoms with Crippen molar-refractivity contribution in [3.63, 3.8) is 0 Å². The molecule has 4 aliphatic rings. The number of aromatic nitrogens is 5. The number of hydrogen-bond acceptors (Lipinski definition) is 2. The summed E-state index contributed by atoms with van der Waals surface area (Å²) in [6.45, 7) is 0. The van der Waals surface area contributed by atoms with Crippen molar-refractivity contribution in [1.82, 2.24) is 24.1 Å². The van der Waals surface area contributed by atoms with Gasteiger partial charge in [-0.25, -0.2) is 0 Å². The van der Waals surface area contributed by atoms with Gasteiger partial charge in [0.25, 0.3) is 0 Å². The number of nitrogens with one attached hydrogen (secondary N) is 1.